The summed E-state index contributed by atoms with van der Waals surface area (Å²) < 4.78 is 2.20. The predicted octanol–water partition coefficient (Wildman–Crippen LogP) is 9.13. The van der Waals surface area contributed by atoms with Gasteiger partial charge in [-0.1, -0.05) is 89.6 Å². The highest BCUT2D eigenvalue weighted by molar-refractivity contribution is 5.99. The minimum absolute atomic E-state index is 0.249. The summed E-state index contributed by atoms with van der Waals surface area (Å²) in [6.07, 6.45) is 15.0. The lowest BCUT2D eigenvalue weighted by molar-refractivity contribution is 0.276. The van der Waals surface area contributed by atoms with Crippen molar-refractivity contribution in [1.29, 1.82) is 0 Å². The second-order valence-corrected chi connectivity index (χ2v) is 14.0. The Balaban J connectivity index is 0.00000141. The number of hydrogen-bond acceptors (Lipinski definition) is 4. The van der Waals surface area contributed by atoms with E-state index >= 15 is 0 Å². The minimum Gasteiger partial charge on any atom is -0.405 e. The van der Waals surface area contributed by atoms with E-state index in [0.717, 1.165) is 50.9 Å². The standard InChI is InChI=1S/C37H48N4.C2H5N/c1-25(2)11-13-30(34-23-38-24-40(34)8)33-21-29-10-9-17-39-36(29)35(31-14-12-26(3)20-32(31)33)28-15-18-41(19-16-28)27(4)22-37(5,6)7;1-2-3/h9-10,12,14,17,20-21,23-25,30H,4,11,13,15-16,18-19,22H2,1-3,5-8H3;2H,1,3H2. The number of piperidine rings is 1. The second kappa shape index (κ2) is 14.3. The smallest absolute Gasteiger partial charge is 0.0945 e. The van der Waals surface area contributed by atoms with E-state index in [1.807, 2.05) is 12.5 Å². The monoisotopic (exact) mass is 591 g/mol. The van der Waals surface area contributed by atoms with Crippen LogP contribution in [0.15, 0.2) is 79.7 Å². The van der Waals surface area contributed by atoms with Crippen LogP contribution in [0.3, 0.4) is 0 Å². The number of likely N-dealkylation sites (tertiary alicyclic amines) is 1. The topological polar surface area (TPSA) is 60.0 Å². The van der Waals surface area contributed by atoms with Gasteiger partial charge in [0.15, 0.2) is 0 Å². The first-order valence-corrected chi connectivity index (χ1v) is 16.2. The highest BCUT2D eigenvalue weighted by Gasteiger charge is 2.30. The molecule has 0 bridgehead atoms. The van der Waals surface area contributed by atoms with Gasteiger partial charge in [0.05, 0.1) is 12.0 Å². The molecular formula is C39H53N5. The third-order valence-corrected chi connectivity index (χ3v) is 8.66. The number of fused-ring (bicyclic) bond motifs is 2. The van der Waals surface area contributed by atoms with E-state index in [2.05, 4.69) is 125 Å². The normalized spacial score (nSPS) is 15.5. The Morgan fingerprint density at radius 3 is 2.41 bits per heavy atom. The van der Waals surface area contributed by atoms with Crippen LogP contribution >= 0.6 is 0 Å². The molecular weight excluding hydrogens is 538 g/mol. The molecule has 1 aromatic carbocycles. The third kappa shape index (κ3) is 7.80. The SMILES string of the molecule is C=C(CC(C)(C)C)N1CCC(=C2c3ccc(C)cc3C(C(CCC(C)C)c3cncn3C)=Cc3cccnc32)CC1.C=CN. The number of pyridine rings is 1. The fourth-order valence-electron chi connectivity index (χ4n) is 6.61. The van der Waals surface area contributed by atoms with Crippen LogP contribution in [0.4, 0.5) is 0 Å². The maximum Gasteiger partial charge on any atom is 0.0945 e. The van der Waals surface area contributed by atoms with Crippen molar-refractivity contribution in [1.82, 2.24) is 19.4 Å². The van der Waals surface area contributed by atoms with Gasteiger partial charge in [0.1, 0.15) is 0 Å². The molecule has 2 aliphatic rings. The van der Waals surface area contributed by atoms with Crippen LogP contribution in [0, 0.1) is 18.3 Å². The van der Waals surface area contributed by atoms with Gasteiger partial charge in [-0.05, 0) is 79.0 Å². The zero-order valence-electron chi connectivity index (χ0n) is 28.2. The number of allylic oxidation sites excluding steroid dienone is 2. The van der Waals surface area contributed by atoms with Crippen molar-refractivity contribution in [3.63, 3.8) is 0 Å². The molecule has 0 saturated carbocycles. The number of nitrogens with two attached hydrogens (primary N) is 1. The summed E-state index contributed by atoms with van der Waals surface area (Å²) in [4.78, 5) is 12.1. The molecule has 0 spiro atoms. The van der Waals surface area contributed by atoms with E-state index in [1.54, 1.807) is 0 Å². The lowest BCUT2D eigenvalue weighted by Gasteiger charge is -2.35. The summed E-state index contributed by atoms with van der Waals surface area (Å²) in [7, 11) is 2.13. The van der Waals surface area contributed by atoms with E-state index in [1.165, 1.54) is 56.6 Å². The van der Waals surface area contributed by atoms with Crippen LogP contribution in [0.1, 0.15) is 106 Å². The van der Waals surface area contributed by atoms with Gasteiger partial charge in [0, 0.05) is 61.0 Å². The molecule has 3 heterocycles. The molecule has 1 unspecified atom stereocenters. The Morgan fingerprint density at radius 1 is 1.09 bits per heavy atom. The van der Waals surface area contributed by atoms with Crippen molar-refractivity contribution < 1.29 is 0 Å². The first-order chi connectivity index (χ1) is 20.9. The number of aromatic nitrogens is 3. The average Bonchev–Trinajstić information content (AvgIpc) is 3.33. The average molecular weight is 592 g/mol. The number of aryl methyl sites for hydroxylation is 2. The maximum atomic E-state index is 5.06. The molecule has 1 fully saturated rings. The van der Waals surface area contributed by atoms with Crippen molar-refractivity contribution >= 4 is 17.2 Å². The molecule has 2 aromatic heterocycles. The van der Waals surface area contributed by atoms with E-state index in [0.29, 0.717) is 5.92 Å². The summed E-state index contributed by atoms with van der Waals surface area (Å²) in [6, 6.07) is 11.4. The number of hydrogen-bond donors (Lipinski definition) is 1. The second-order valence-electron chi connectivity index (χ2n) is 14.0. The number of rotatable bonds is 7. The number of benzene rings is 1. The van der Waals surface area contributed by atoms with Crippen molar-refractivity contribution in [3.05, 3.63) is 113 Å². The van der Waals surface area contributed by atoms with Gasteiger partial charge in [0.25, 0.3) is 0 Å². The molecule has 1 aliphatic heterocycles. The quantitative estimate of drug-likeness (QED) is 0.298. The molecule has 1 atom stereocenters. The minimum atomic E-state index is 0.249. The highest BCUT2D eigenvalue weighted by Crippen LogP contribution is 2.46. The lowest BCUT2D eigenvalue weighted by Crippen LogP contribution is -2.31. The molecule has 44 heavy (non-hydrogen) atoms. The van der Waals surface area contributed by atoms with Gasteiger partial charge in [-0.2, -0.15) is 0 Å². The molecule has 1 saturated heterocycles. The summed E-state index contributed by atoms with van der Waals surface area (Å²) >= 11 is 0. The summed E-state index contributed by atoms with van der Waals surface area (Å²) in [5.41, 5.74) is 18.0. The summed E-state index contributed by atoms with van der Waals surface area (Å²) in [5, 5.41) is 0. The highest BCUT2D eigenvalue weighted by atomic mass is 15.1. The van der Waals surface area contributed by atoms with Gasteiger partial charge < -0.3 is 15.2 Å². The van der Waals surface area contributed by atoms with E-state index in [4.69, 9.17) is 4.98 Å². The van der Waals surface area contributed by atoms with Gasteiger partial charge in [-0.25, -0.2) is 4.98 Å². The molecule has 5 heteroatoms. The Hall–Kier alpha value is -3.86. The predicted molar refractivity (Wildman–Crippen MR) is 188 cm³/mol. The van der Waals surface area contributed by atoms with E-state index < -0.39 is 0 Å². The molecule has 234 valence electrons. The molecule has 5 nitrogen and oxygen atoms in total. The first-order valence-electron chi connectivity index (χ1n) is 16.2. The molecule has 1 aliphatic carbocycles. The van der Waals surface area contributed by atoms with Crippen LogP contribution in [-0.4, -0.2) is 32.5 Å². The number of nitrogens with zero attached hydrogens (tertiary/aromatic N) is 4. The largest absolute Gasteiger partial charge is 0.405 e. The van der Waals surface area contributed by atoms with Crippen molar-refractivity contribution in [2.45, 2.75) is 79.6 Å². The molecule has 0 radical (unpaired) electrons. The fraction of sp³-hybridized carbons (Fsp3) is 0.436. The van der Waals surface area contributed by atoms with Gasteiger partial charge >= 0.3 is 0 Å². The summed E-state index contributed by atoms with van der Waals surface area (Å²) in [6.45, 7) is 23.4. The Kier molecular flexibility index (Phi) is 10.7. The third-order valence-electron chi connectivity index (χ3n) is 8.66. The van der Waals surface area contributed by atoms with E-state index in [-0.39, 0.29) is 11.3 Å². The van der Waals surface area contributed by atoms with E-state index in [9.17, 15) is 0 Å². The van der Waals surface area contributed by atoms with Gasteiger partial charge in [0.2, 0.25) is 0 Å². The van der Waals surface area contributed by atoms with Crippen LogP contribution in [0.25, 0.3) is 17.2 Å². The lowest BCUT2D eigenvalue weighted by atomic mass is 9.81. The van der Waals surface area contributed by atoms with Crippen molar-refractivity contribution in [2.75, 3.05) is 13.1 Å². The Bertz CT molecular complexity index is 1520. The van der Waals surface area contributed by atoms with Gasteiger partial charge in [-0.3, -0.25) is 4.98 Å². The molecule has 5 rings (SSSR count). The number of imidazole rings is 1. The van der Waals surface area contributed by atoms with Gasteiger partial charge in [-0.15, -0.1) is 0 Å². The van der Waals surface area contributed by atoms with Crippen LogP contribution in [-0.2, 0) is 7.05 Å². The van der Waals surface area contributed by atoms with Crippen molar-refractivity contribution in [3.8, 4) is 0 Å². The van der Waals surface area contributed by atoms with Crippen LogP contribution in [0.2, 0.25) is 0 Å². The Morgan fingerprint density at radius 2 is 1.80 bits per heavy atom. The zero-order valence-corrected chi connectivity index (χ0v) is 28.2. The maximum absolute atomic E-state index is 5.06. The summed E-state index contributed by atoms with van der Waals surface area (Å²) in [5.74, 6) is 0.893. The van der Waals surface area contributed by atoms with Crippen LogP contribution < -0.4 is 5.73 Å². The zero-order chi connectivity index (χ0) is 32.0. The molecule has 2 N–H and O–H groups in total. The Labute approximate surface area is 266 Å². The molecule has 3 aromatic rings. The first kappa shape index (κ1) is 33.0. The molecule has 0 amide bonds. The van der Waals surface area contributed by atoms with Crippen molar-refractivity contribution in [2.24, 2.45) is 24.1 Å². The van der Waals surface area contributed by atoms with Crippen LogP contribution in [0.5, 0.6) is 0 Å². The fourth-order valence-corrected chi connectivity index (χ4v) is 6.61.